The molecule has 0 bridgehead atoms. The van der Waals surface area contributed by atoms with Crippen LogP contribution < -0.4 is 4.57 Å². The fourth-order valence-corrected chi connectivity index (χ4v) is 4.30. The van der Waals surface area contributed by atoms with Crippen LogP contribution >= 0.6 is 0 Å². The number of pyridine rings is 1. The predicted molar refractivity (Wildman–Crippen MR) is 129 cm³/mol. The normalized spacial score (nSPS) is 11.8. The maximum Gasteiger partial charge on any atom is 0.213 e. The van der Waals surface area contributed by atoms with Crippen molar-refractivity contribution in [3.05, 3.63) is 77.4 Å². The van der Waals surface area contributed by atoms with Crippen molar-refractivity contribution in [3.63, 3.8) is 0 Å². The van der Waals surface area contributed by atoms with Crippen LogP contribution in [0.2, 0.25) is 0 Å². The summed E-state index contributed by atoms with van der Waals surface area (Å²) < 4.78 is 2.23. The van der Waals surface area contributed by atoms with E-state index in [4.69, 9.17) is 9.97 Å². The summed E-state index contributed by atoms with van der Waals surface area (Å²) in [4.78, 5) is 9.50. The summed E-state index contributed by atoms with van der Waals surface area (Å²) in [5, 5.41) is 2.40. The molecule has 0 aliphatic heterocycles. The van der Waals surface area contributed by atoms with Gasteiger partial charge in [0.1, 0.15) is 7.05 Å². The summed E-state index contributed by atoms with van der Waals surface area (Å²) in [5.41, 5.74) is 9.69. The van der Waals surface area contributed by atoms with E-state index >= 15 is 0 Å². The molecule has 0 saturated heterocycles. The maximum absolute atomic E-state index is 4.78. The summed E-state index contributed by atoms with van der Waals surface area (Å²) in [6, 6.07) is 13.3. The van der Waals surface area contributed by atoms with E-state index in [0.717, 1.165) is 23.4 Å². The Balaban J connectivity index is 1.86. The van der Waals surface area contributed by atoms with Crippen molar-refractivity contribution in [3.8, 4) is 22.5 Å². The molecule has 0 fully saturated rings. The van der Waals surface area contributed by atoms with Crippen LogP contribution in [-0.2, 0) is 13.5 Å². The maximum atomic E-state index is 4.78. The predicted octanol–water partition coefficient (Wildman–Crippen LogP) is 6.30. The molecule has 2 aromatic heterocycles. The number of aromatic nitrogens is 3. The van der Waals surface area contributed by atoms with Crippen LogP contribution in [0.3, 0.4) is 0 Å². The van der Waals surface area contributed by atoms with Crippen LogP contribution in [0, 0.1) is 26.2 Å². The Labute approximate surface area is 185 Å². The summed E-state index contributed by atoms with van der Waals surface area (Å²) in [5.74, 6) is 0. The second kappa shape index (κ2) is 7.88. The molecule has 0 unspecified atom stereocenters. The Morgan fingerprint density at radius 2 is 1.68 bits per heavy atom. The molecule has 0 atom stereocenters. The first-order valence-corrected chi connectivity index (χ1v) is 10.9. The van der Waals surface area contributed by atoms with Crippen LogP contribution in [0.1, 0.15) is 43.2 Å². The number of hydrogen-bond donors (Lipinski definition) is 0. The third-order valence-electron chi connectivity index (χ3n) is 5.91. The van der Waals surface area contributed by atoms with Gasteiger partial charge in [-0.1, -0.05) is 44.5 Å². The minimum Gasteiger partial charge on any atom is -0.257 e. The van der Waals surface area contributed by atoms with Gasteiger partial charge in [-0.2, -0.15) is 0 Å². The van der Waals surface area contributed by atoms with Crippen molar-refractivity contribution >= 4 is 10.8 Å². The zero-order chi connectivity index (χ0) is 22.3. The number of rotatable bonds is 3. The fourth-order valence-electron chi connectivity index (χ4n) is 4.30. The molecule has 3 heteroatoms. The van der Waals surface area contributed by atoms with E-state index in [2.05, 4.69) is 95.8 Å². The summed E-state index contributed by atoms with van der Waals surface area (Å²) in [6.45, 7) is 13.2. The van der Waals surface area contributed by atoms with Crippen LogP contribution in [0.5, 0.6) is 0 Å². The molecule has 0 spiro atoms. The van der Waals surface area contributed by atoms with Gasteiger partial charge < -0.3 is 0 Å². The van der Waals surface area contributed by atoms with Gasteiger partial charge in [0.05, 0.1) is 17.6 Å². The van der Waals surface area contributed by atoms with Crippen LogP contribution in [0.15, 0.2) is 55.0 Å². The molecule has 3 nitrogen and oxygen atoms in total. The molecule has 0 N–H and O–H groups in total. The number of hydrogen-bond acceptors (Lipinski definition) is 2. The number of benzene rings is 2. The third kappa shape index (κ3) is 4.36. The molecule has 0 aliphatic rings. The van der Waals surface area contributed by atoms with Gasteiger partial charge >= 0.3 is 0 Å². The molecule has 4 rings (SSSR count). The number of aryl methyl sites for hydroxylation is 3. The standard InChI is InChI=1S/C28H32N3/c1-18-11-19(2)20(3)24(12-18)27-13-25-21(17-31(27)7)9-8-10-23(25)26-16-29-22(15-30-26)14-28(4,5)6/h8-13,15-17H,14H2,1-7H3/q+1. The molecule has 2 aromatic carbocycles. The molecule has 0 saturated carbocycles. The Morgan fingerprint density at radius 3 is 2.35 bits per heavy atom. The molecule has 0 aliphatic carbocycles. The molecule has 0 radical (unpaired) electrons. The first-order chi connectivity index (χ1) is 14.6. The zero-order valence-corrected chi connectivity index (χ0v) is 19.7. The van der Waals surface area contributed by atoms with Crippen LogP contribution in [0.25, 0.3) is 33.3 Å². The lowest BCUT2D eigenvalue weighted by molar-refractivity contribution is -0.659. The average molecular weight is 411 g/mol. The van der Waals surface area contributed by atoms with Gasteiger partial charge in [-0.05, 0) is 55.9 Å². The van der Waals surface area contributed by atoms with Gasteiger partial charge in [0, 0.05) is 34.2 Å². The quantitative estimate of drug-likeness (QED) is 0.371. The van der Waals surface area contributed by atoms with Crippen LogP contribution in [0.4, 0.5) is 0 Å². The molecule has 4 aromatic rings. The number of nitrogens with zero attached hydrogens (tertiary/aromatic N) is 3. The SMILES string of the molecule is Cc1cc(C)c(C)c(-c2cc3c(-c4cnc(CC(C)(C)C)cn4)cccc3c[n+]2C)c1. The largest absolute Gasteiger partial charge is 0.257 e. The summed E-state index contributed by atoms with van der Waals surface area (Å²) in [6.07, 6.45) is 6.98. The second-order valence-electron chi connectivity index (χ2n) is 9.96. The van der Waals surface area contributed by atoms with E-state index in [0.29, 0.717) is 0 Å². The smallest absolute Gasteiger partial charge is 0.213 e. The molecular formula is C28H32N3+. The Morgan fingerprint density at radius 1 is 0.903 bits per heavy atom. The average Bonchev–Trinajstić information content (AvgIpc) is 2.69. The van der Waals surface area contributed by atoms with E-state index in [9.17, 15) is 0 Å². The zero-order valence-electron chi connectivity index (χ0n) is 19.7. The summed E-state index contributed by atoms with van der Waals surface area (Å²) >= 11 is 0. The highest BCUT2D eigenvalue weighted by atomic mass is 14.9. The molecular weight excluding hydrogens is 378 g/mol. The molecule has 2 heterocycles. The topological polar surface area (TPSA) is 29.7 Å². The monoisotopic (exact) mass is 410 g/mol. The first-order valence-electron chi connectivity index (χ1n) is 10.9. The van der Waals surface area contributed by atoms with Crippen LogP contribution in [-0.4, -0.2) is 9.97 Å². The summed E-state index contributed by atoms with van der Waals surface area (Å²) in [7, 11) is 2.12. The fraction of sp³-hybridized carbons (Fsp3) is 0.321. The second-order valence-corrected chi connectivity index (χ2v) is 9.96. The van der Waals surface area contributed by atoms with Gasteiger partial charge in [0.15, 0.2) is 6.20 Å². The minimum absolute atomic E-state index is 0.198. The van der Waals surface area contributed by atoms with E-state index in [1.165, 1.54) is 38.7 Å². The van der Waals surface area contributed by atoms with Gasteiger partial charge in [0.25, 0.3) is 0 Å². The van der Waals surface area contributed by atoms with Gasteiger partial charge in [-0.15, -0.1) is 0 Å². The Kier molecular flexibility index (Phi) is 5.38. The Bertz CT molecular complexity index is 1260. The molecule has 0 amide bonds. The minimum atomic E-state index is 0.198. The van der Waals surface area contributed by atoms with Gasteiger partial charge in [-0.25, -0.2) is 4.57 Å². The van der Waals surface area contributed by atoms with E-state index in [1.807, 2.05) is 12.4 Å². The lowest BCUT2D eigenvalue weighted by Crippen LogP contribution is -2.30. The lowest BCUT2D eigenvalue weighted by atomic mass is 9.91. The van der Waals surface area contributed by atoms with Crippen molar-refractivity contribution < 1.29 is 4.57 Å². The number of fused-ring (bicyclic) bond motifs is 1. The van der Waals surface area contributed by atoms with Crippen molar-refractivity contribution in [1.82, 2.24) is 9.97 Å². The van der Waals surface area contributed by atoms with Crippen molar-refractivity contribution in [2.75, 3.05) is 0 Å². The highest BCUT2D eigenvalue weighted by Gasteiger charge is 2.18. The van der Waals surface area contributed by atoms with Gasteiger partial charge in [0.2, 0.25) is 5.69 Å². The lowest BCUT2D eigenvalue weighted by Gasteiger charge is -2.17. The Hall–Kier alpha value is -3.07. The van der Waals surface area contributed by atoms with E-state index in [1.54, 1.807) is 0 Å². The highest BCUT2D eigenvalue weighted by molar-refractivity contribution is 5.96. The van der Waals surface area contributed by atoms with Crippen molar-refractivity contribution in [1.29, 1.82) is 0 Å². The molecule has 31 heavy (non-hydrogen) atoms. The van der Waals surface area contributed by atoms with Gasteiger partial charge in [-0.3, -0.25) is 9.97 Å². The molecule has 158 valence electrons. The van der Waals surface area contributed by atoms with Crippen molar-refractivity contribution in [2.45, 2.75) is 48.0 Å². The highest BCUT2D eigenvalue weighted by Crippen LogP contribution is 2.31. The third-order valence-corrected chi connectivity index (χ3v) is 5.91. The van der Waals surface area contributed by atoms with Crippen molar-refractivity contribution in [2.24, 2.45) is 12.5 Å². The first kappa shape index (κ1) is 21.2. The van der Waals surface area contributed by atoms with E-state index < -0.39 is 0 Å². The van der Waals surface area contributed by atoms with E-state index in [-0.39, 0.29) is 5.41 Å².